The normalized spacial score (nSPS) is 16.2. The second-order valence-electron chi connectivity index (χ2n) is 6.49. The summed E-state index contributed by atoms with van der Waals surface area (Å²) in [5.41, 5.74) is 2.84. The van der Waals surface area contributed by atoms with Gasteiger partial charge in [-0.3, -0.25) is 0 Å². The van der Waals surface area contributed by atoms with E-state index in [0.717, 1.165) is 36.3 Å². The van der Waals surface area contributed by atoms with Crippen LogP contribution in [0, 0.1) is 0 Å². The van der Waals surface area contributed by atoms with Crippen molar-refractivity contribution >= 4 is 21.7 Å². The van der Waals surface area contributed by atoms with Crippen LogP contribution in [-0.2, 0) is 6.54 Å². The van der Waals surface area contributed by atoms with Crippen LogP contribution in [0.5, 0.6) is 0 Å². The summed E-state index contributed by atoms with van der Waals surface area (Å²) in [6.45, 7) is 11.6. The number of halogens is 1. The summed E-state index contributed by atoms with van der Waals surface area (Å²) in [6.07, 6.45) is 5.32. The summed E-state index contributed by atoms with van der Waals surface area (Å²) in [4.78, 5) is 7.00. The van der Waals surface area contributed by atoms with Gasteiger partial charge in [0.2, 0.25) is 0 Å². The van der Waals surface area contributed by atoms with Crippen molar-refractivity contribution in [3.05, 3.63) is 33.9 Å². The molecule has 1 aromatic heterocycles. The predicted octanol–water partition coefficient (Wildman–Crippen LogP) is 3.89. The molecule has 0 bridgehead atoms. The Bertz CT molecular complexity index is 503. The lowest BCUT2D eigenvalue weighted by Gasteiger charge is -2.29. The van der Waals surface area contributed by atoms with E-state index in [-0.39, 0.29) is 5.54 Å². The average molecular weight is 338 g/mol. The zero-order valence-corrected chi connectivity index (χ0v) is 14.4. The predicted molar refractivity (Wildman–Crippen MR) is 89.1 cm³/mol. The van der Waals surface area contributed by atoms with E-state index >= 15 is 0 Å². The van der Waals surface area contributed by atoms with E-state index in [9.17, 15) is 0 Å². The highest BCUT2D eigenvalue weighted by Crippen LogP contribution is 2.24. The largest absolute Gasteiger partial charge is 0.352 e. The highest BCUT2D eigenvalue weighted by Gasteiger charge is 2.17. The number of hydrogen-bond donors (Lipinski definition) is 1. The minimum atomic E-state index is 0.109. The van der Waals surface area contributed by atoms with Crippen molar-refractivity contribution in [2.24, 2.45) is 0 Å². The number of anilines is 1. The first-order valence-electron chi connectivity index (χ1n) is 7.15. The summed E-state index contributed by atoms with van der Waals surface area (Å²) < 4.78 is 1.04. The van der Waals surface area contributed by atoms with Crippen LogP contribution in [0.1, 0.15) is 39.7 Å². The summed E-state index contributed by atoms with van der Waals surface area (Å²) in [6, 6.07) is 2.17. The van der Waals surface area contributed by atoms with E-state index in [2.05, 4.69) is 71.0 Å². The Morgan fingerprint density at radius 3 is 2.75 bits per heavy atom. The molecule has 0 aliphatic carbocycles. The van der Waals surface area contributed by atoms with Crippen molar-refractivity contribution in [3.8, 4) is 0 Å². The Morgan fingerprint density at radius 2 is 2.15 bits per heavy atom. The van der Waals surface area contributed by atoms with Crippen LogP contribution in [0.15, 0.2) is 28.4 Å². The minimum absolute atomic E-state index is 0.109. The van der Waals surface area contributed by atoms with Gasteiger partial charge in [0.1, 0.15) is 5.82 Å². The molecule has 1 aliphatic rings. The van der Waals surface area contributed by atoms with Crippen molar-refractivity contribution in [3.63, 3.8) is 0 Å². The van der Waals surface area contributed by atoms with Gasteiger partial charge in [-0.05, 0) is 56.1 Å². The number of aromatic nitrogens is 1. The first-order valence-corrected chi connectivity index (χ1v) is 7.94. The highest BCUT2D eigenvalue weighted by molar-refractivity contribution is 9.10. The molecular formula is C16H24BrN3. The summed E-state index contributed by atoms with van der Waals surface area (Å²) in [5.74, 6) is 1.11. The summed E-state index contributed by atoms with van der Waals surface area (Å²) >= 11 is 3.53. The maximum atomic E-state index is 4.64. The molecule has 0 saturated heterocycles. The molecule has 3 nitrogen and oxygen atoms in total. The molecule has 20 heavy (non-hydrogen) atoms. The first-order chi connectivity index (χ1) is 9.35. The van der Waals surface area contributed by atoms with Crippen molar-refractivity contribution in [2.45, 2.75) is 46.2 Å². The molecule has 110 valence electrons. The molecule has 0 amide bonds. The van der Waals surface area contributed by atoms with Crippen LogP contribution in [0.4, 0.5) is 5.82 Å². The van der Waals surface area contributed by atoms with E-state index in [1.807, 2.05) is 6.20 Å². The van der Waals surface area contributed by atoms with Gasteiger partial charge in [0.15, 0.2) is 0 Å². The molecule has 0 fully saturated rings. The van der Waals surface area contributed by atoms with Gasteiger partial charge >= 0.3 is 0 Å². The van der Waals surface area contributed by atoms with Gasteiger partial charge in [0.05, 0.1) is 0 Å². The van der Waals surface area contributed by atoms with Gasteiger partial charge in [0, 0.05) is 41.4 Å². The molecule has 4 heteroatoms. The lowest BCUT2D eigenvalue weighted by molar-refractivity contribution is 0.424. The van der Waals surface area contributed by atoms with Gasteiger partial charge in [-0.1, -0.05) is 11.6 Å². The molecule has 0 unspecified atom stereocenters. The van der Waals surface area contributed by atoms with Crippen LogP contribution in [0.3, 0.4) is 0 Å². The number of rotatable bonds is 3. The Balaban J connectivity index is 2.19. The molecule has 0 aromatic carbocycles. The second kappa shape index (κ2) is 6.27. The molecule has 1 aliphatic heterocycles. The number of nitrogens with zero attached hydrogens (tertiary/aromatic N) is 2. The van der Waals surface area contributed by atoms with Crippen LogP contribution >= 0.6 is 15.9 Å². The van der Waals surface area contributed by atoms with E-state index in [1.54, 1.807) is 0 Å². The molecule has 0 saturated carbocycles. The fraction of sp³-hybridized carbons (Fsp3) is 0.562. The second-order valence-corrected chi connectivity index (χ2v) is 7.40. The molecule has 0 spiro atoms. The van der Waals surface area contributed by atoms with Gasteiger partial charge in [0.25, 0.3) is 0 Å². The Kier molecular flexibility index (Phi) is 4.86. The van der Waals surface area contributed by atoms with Crippen LogP contribution in [0.2, 0.25) is 0 Å². The van der Waals surface area contributed by atoms with Gasteiger partial charge < -0.3 is 10.2 Å². The Morgan fingerprint density at radius 1 is 1.40 bits per heavy atom. The molecule has 0 radical (unpaired) electrons. The van der Waals surface area contributed by atoms with Crippen molar-refractivity contribution in [1.29, 1.82) is 0 Å². The standard InChI is InChI=1S/C16H24BrN3/c1-12-5-7-20(8-6-12)15-13(9-14(17)11-18-15)10-19-16(2,3)4/h5,9,11,19H,6-8,10H2,1-4H3. The maximum absolute atomic E-state index is 4.64. The van der Waals surface area contributed by atoms with E-state index in [0.29, 0.717) is 0 Å². The minimum Gasteiger partial charge on any atom is -0.352 e. The smallest absolute Gasteiger partial charge is 0.133 e. The fourth-order valence-corrected chi connectivity index (χ4v) is 2.59. The molecule has 1 aromatic rings. The lowest BCUT2D eigenvalue weighted by atomic mass is 10.1. The number of hydrogen-bond acceptors (Lipinski definition) is 3. The maximum Gasteiger partial charge on any atom is 0.133 e. The topological polar surface area (TPSA) is 28.2 Å². The Labute approximate surface area is 130 Å². The van der Waals surface area contributed by atoms with Crippen LogP contribution in [0.25, 0.3) is 0 Å². The average Bonchev–Trinajstić information content (AvgIpc) is 2.37. The molecule has 2 rings (SSSR count). The number of pyridine rings is 1. The SMILES string of the molecule is CC1=CCN(c2ncc(Br)cc2CNC(C)(C)C)CC1. The summed E-state index contributed by atoms with van der Waals surface area (Å²) in [5, 5.41) is 3.55. The highest BCUT2D eigenvalue weighted by atomic mass is 79.9. The zero-order chi connectivity index (χ0) is 14.8. The monoisotopic (exact) mass is 337 g/mol. The van der Waals surface area contributed by atoms with Gasteiger partial charge in [-0.25, -0.2) is 4.98 Å². The van der Waals surface area contributed by atoms with Gasteiger partial charge in [-0.2, -0.15) is 0 Å². The van der Waals surface area contributed by atoms with Crippen molar-refractivity contribution in [1.82, 2.24) is 10.3 Å². The fourth-order valence-electron chi connectivity index (χ4n) is 2.21. The van der Waals surface area contributed by atoms with Crippen molar-refractivity contribution in [2.75, 3.05) is 18.0 Å². The molecule has 2 heterocycles. The van der Waals surface area contributed by atoms with Crippen molar-refractivity contribution < 1.29 is 0 Å². The molecular weight excluding hydrogens is 314 g/mol. The Hall–Kier alpha value is -0.870. The lowest BCUT2D eigenvalue weighted by Crippen LogP contribution is -2.36. The van der Waals surface area contributed by atoms with Crippen LogP contribution in [-0.4, -0.2) is 23.6 Å². The van der Waals surface area contributed by atoms with Crippen LogP contribution < -0.4 is 10.2 Å². The quantitative estimate of drug-likeness (QED) is 0.848. The van der Waals surface area contributed by atoms with E-state index in [4.69, 9.17) is 0 Å². The number of nitrogens with one attached hydrogen (secondary N) is 1. The molecule has 0 atom stereocenters. The van der Waals surface area contributed by atoms with E-state index in [1.165, 1.54) is 11.1 Å². The summed E-state index contributed by atoms with van der Waals surface area (Å²) in [7, 11) is 0. The zero-order valence-electron chi connectivity index (χ0n) is 12.8. The first kappa shape index (κ1) is 15.5. The third kappa shape index (κ3) is 4.32. The molecule has 1 N–H and O–H groups in total. The third-order valence-electron chi connectivity index (χ3n) is 3.45. The van der Waals surface area contributed by atoms with E-state index < -0.39 is 0 Å². The van der Waals surface area contributed by atoms with Gasteiger partial charge in [-0.15, -0.1) is 0 Å². The third-order valence-corrected chi connectivity index (χ3v) is 3.89.